The number of aromatic nitrogens is 2. The van der Waals surface area contributed by atoms with Gasteiger partial charge in [0.2, 0.25) is 0 Å². The molecule has 1 aliphatic carbocycles. The van der Waals surface area contributed by atoms with Crippen LogP contribution in [-0.4, -0.2) is 21.8 Å². The minimum absolute atomic E-state index is 0.658. The van der Waals surface area contributed by atoms with Crippen molar-refractivity contribution in [3.8, 4) is 0 Å². The van der Waals surface area contributed by atoms with Crippen LogP contribution in [0.15, 0.2) is 6.07 Å². The molecule has 0 aromatic carbocycles. The van der Waals surface area contributed by atoms with Crippen LogP contribution in [0.5, 0.6) is 0 Å². The minimum atomic E-state index is 0.658. The zero-order chi connectivity index (χ0) is 12.1. The molecule has 3 nitrogen and oxygen atoms in total. The maximum Gasteiger partial charge on any atom is 0.138 e. The number of aryl methyl sites for hydroxylation is 1. The Kier molecular flexibility index (Phi) is 4.80. The zero-order valence-corrected chi connectivity index (χ0v) is 11.3. The predicted molar refractivity (Wildman–Crippen MR) is 73.1 cm³/mol. The smallest absolute Gasteiger partial charge is 0.138 e. The van der Waals surface area contributed by atoms with Crippen molar-refractivity contribution < 1.29 is 0 Å². The summed E-state index contributed by atoms with van der Waals surface area (Å²) in [7, 11) is 0. The topological polar surface area (TPSA) is 51.8 Å². The van der Waals surface area contributed by atoms with E-state index < -0.39 is 0 Å². The van der Waals surface area contributed by atoms with Gasteiger partial charge >= 0.3 is 0 Å². The zero-order valence-electron chi connectivity index (χ0n) is 10.5. The molecule has 2 rings (SSSR count). The van der Waals surface area contributed by atoms with Crippen molar-refractivity contribution in [2.24, 2.45) is 5.73 Å². The fourth-order valence-electron chi connectivity index (χ4n) is 2.29. The van der Waals surface area contributed by atoms with Gasteiger partial charge in [-0.2, -0.15) is 11.8 Å². The summed E-state index contributed by atoms with van der Waals surface area (Å²) in [6, 6.07) is 2.04. The molecule has 1 aromatic rings. The van der Waals surface area contributed by atoms with Gasteiger partial charge in [0, 0.05) is 23.1 Å². The third-order valence-electron chi connectivity index (χ3n) is 3.10. The van der Waals surface area contributed by atoms with Crippen molar-refractivity contribution in [2.45, 2.75) is 50.0 Å². The van der Waals surface area contributed by atoms with Crippen LogP contribution < -0.4 is 5.73 Å². The molecule has 17 heavy (non-hydrogen) atoms. The van der Waals surface area contributed by atoms with Crippen LogP contribution in [0.4, 0.5) is 0 Å². The Morgan fingerprint density at radius 2 is 2.12 bits per heavy atom. The Balaban J connectivity index is 1.94. The van der Waals surface area contributed by atoms with E-state index in [9.17, 15) is 0 Å². The van der Waals surface area contributed by atoms with Gasteiger partial charge in [0.25, 0.3) is 0 Å². The number of rotatable bonds is 5. The Labute approximate surface area is 108 Å². The van der Waals surface area contributed by atoms with Gasteiger partial charge in [-0.15, -0.1) is 0 Å². The molecule has 1 saturated carbocycles. The van der Waals surface area contributed by atoms with Crippen molar-refractivity contribution >= 4 is 11.8 Å². The van der Waals surface area contributed by atoms with E-state index in [4.69, 9.17) is 5.73 Å². The molecule has 0 radical (unpaired) electrons. The van der Waals surface area contributed by atoms with Crippen LogP contribution in [0, 0.1) is 6.92 Å². The first-order valence-electron chi connectivity index (χ1n) is 6.43. The molecular formula is C13H21N3S. The maximum absolute atomic E-state index is 5.57. The second-order valence-electron chi connectivity index (χ2n) is 4.67. The molecule has 1 heterocycles. The highest BCUT2D eigenvalue weighted by Crippen LogP contribution is 2.30. The number of nitrogens with zero attached hydrogens (tertiary/aromatic N) is 2. The third kappa shape index (κ3) is 3.96. The number of hydrogen-bond acceptors (Lipinski definition) is 4. The minimum Gasteiger partial charge on any atom is -0.330 e. The third-order valence-corrected chi connectivity index (χ3v) is 4.47. The highest BCUT2D eigenvalue weighted by Gasteiger charge is 2.15. The van der Waals surface area contributed by atoms with Crippen LogP contribution in [-0.2, 0) is 12.2 Å². The number of hydrogen-bond donors (Lipinski definition) is 1. The standard InChI is InChI=1S/C13H21N3S/c1-10-8-11(6-7-14)16-13(15-10)9-17-12-4-2-3-5-12/h8,12H,2-7,9,14H2,1H3. The summed E-state index contributed by atoms with van der Waals surface area (Å²) >= 11 is 2.02. The quantitative estimate of drug-likeness (QED) is 0.873. The first kappa shape index (κ1) is 12.8. The molecule has 0 bridgehead atoms. The fraction of sp³-hybridized carbons (Fsp3) is 0.692. The van der Waals surface area contributed by atoms with E-state index in [0.29, 0.717) is 6.54 Å². The van der Waals surface area contributed by atoms with Crippen molar-refractivity contribution in [3.05, 3.63) is 23.3 Å². The summed E-state index contributed by atoms with van der Waals surface area (Å²) in [4.78, 5) is 9.08. The predicted octanol–water partition coefficient (Wildman–Crippen LogP) is 2.46. The summed E-state index contributed by atoms with van der Waals surface area (Å²) < 4.78 is 0. The van der Waals surface area contributed by atoms with E-state index in [2.05, 4.69) is 9.97 Å². The lowest BCUT2D eigenvalue weighted by atomic mass is 10.2. The van der Waals surface area contributed by atoms with Crippen LogP contribution >= 0.6 is 11.8 Å². The average Bonchev–Trinajstić information content (AvgIpc) is 2.79. The Hall–Kier alpha value is -0.610. The van der Waals surface area contributed by atoms with Crippen molar-refractivity contribution in [3.63, 3.8) is 0 Å². The van der Waals surface area contributed by atoms with Gasteiger partial charge in [0.1, 0.15) is 5.82 Å². The van der Waals surface area contributed by atoms with Gasteiger partial charge in [-0.3, -0.25) is 0 Å². The number of thioether (sulfide) groups is 1. The molecule has 1 aliphatic rings. The van der Waals surface area contributed by atoms with E-state index in [-0.39, 0.29) is 0 Å². The summed E-state index contributed by atoms with van der Waals surface area (Å²) in [5.41, 5.74) is 7.71. The van der Waals surface area contributed by atoms with E-state index in [0.717, 1.165) is 34.6 Å². The molecule has 2 N–H and O–H groups in total. The molecule has 0 spiro atoms. The fourth-order valence-corrected chi connectivity index (χ4v) is 3.47. The van der Waals surface area contributed by atoms with Crippen molar-refractivity contribution in [1.82, 2.24) is 9.97 Å². The molecule has 0 atom stereocenters. The van der Waals surface area contributed by atoms with E-state index >= 15 is 0 Å². The van der Waals surface area contributed by atoms with Gasteiger partial charge < -0.3 is 5.73 Å². The molecule has 0 saturated heterocycles. The molecule has 1 fully saturated rings. The normalized spacial score (nSPS) is 16.6. The summed E-state index contributed by atoms with van der Waals surface area (Å²) in [5.74, 6) is 1.93. The highest BCUT2D eigenvalue weighted by molar-refractivity contribution is 7.99. The molecule has 0 amide bonds. The van der Waals surface area contributed by atoms with Crippen LogP contribution in [0.1, 0.15) is 42.9 Å². The molecule has 94 valence electrons. The summed E-state index contributed by atoms with van der Waals surface area (Å²) in [6.07, 6.45) is 6.37. The highest BCUT2D eigenvalue weighted by atomic mass is 32.2. The molecule has 1 aromatic heterocycles. The van der Waals surface area contributed by atoms with E-state index in [1.807, 2.05) is 24.8 Å². The van der Waals surface area contributed by atoms with Crippen LogP contribution in [0.2, 0.25) is 0 Å². The monoisotopic (exact) mass is 251 g/mol. The lowest BCUT2D eigenvalue weighted by Gasteiger charge is -2.09. The first-order chi connectivity index (χ1) is 8.28. The first-order valence-corrected chi connectivity index (χ1v) is 7.48. The molecule has 0 aliphatic heterocycles. The van der Waals surface area contributed by atoms with Gasteiger partial charge in [-0.1, -0.05) is 12.8 Å². The van der Waals surface area contributed by atoms with Gasteiger partial charge in [-0.05, 0) is 32.4 Å². The summed E-state index contributed by atoms with van der Waals surface area (Å²) in [6.45, 7) is 2.69. The van der Waals surface area contributed by atoms with Gasteiger partial charge in [-0.25, -0.2) is 9.97 Å². The van der Waals surface area contributed by atoms with Gasteiger partial charge in [0.15, 0.2) is 0 Å². The Morgan fingerprint density at radius 1 is 1.35 bits per heavy atom. The van der Waals surface area contributed by atoms with E-state index in [1.165, 1.54) is 25.7 Å². The maximum atomic E-state index is 5.57. The van der Waals surface area contributed by atoms with Crippen molar-refractivity contribution in [2.75, 3.05) is 6.54 Å². The number of nitrogens with two attached hydrogens (primary N) is 1. The summed E-state index contributed by atoms with van der Waals surface area (Å²) in [5, 5.41) is 0.831. The van der Waals surface area contributed by atoms with Crippen LogP contribution in [0.3, 0.4) is 0 Å². The van der Waals surface area contributed by atoms with Crippen LogP contribution in [0.25, 0.3) is 0 Å². The lowest BCUT2D eigenvalue weighted by Crippen LogP contribution is -2.08. The second-order valence-corrected chi connectivity index (χ2v) is 5.96. The van der Waals surface area contributed by atoms with Crippen molar-refractivity contribution in [1.29, 1.82) is 0 Å². The largest absolute Gasteiger partial charge is 0.330 e. The molecule has 4 heteroatoms. The Morgan fingerprint density at radius 3 is 2.82 bits per heavy atom. The van der Waals surface area contributed by atoms with Gasteiger partial charge in [0.05, 0.1) is 5.75 Å². The Bertz CT molecular complexity index is 362. The molecule has 0 unspecified atom stereocenters. The van der Waals surface area contributed by atoms with E-state index in [1.54, 1.807) is 0 Å². The second kappa shape index (κ2) is 6.36. The SMILES string of the molecule is Cc1cc(CCN)nc(CSC2CCCC2)n1. The molecular weight excluding hydrogens is 230 g/mol. The average molecular weight is 251 g/mol. The lowest BCUT2D eigenvalue weighted by molar-refractivity contribution is 0.865.